The monoisotopic (exact) mass is 280 g/mol. The van der Waals surface area contributed by atoms with E-state index in [9.17, 15) is 23.1 Å². The number of Topliss-reactive ketones (excluding diaryl/α,β-unsaturated/α-hetero) is 1. The van der Waals surface area contributed by atoms with E-state index in [-0.39, 0.29) is 23.7 Å². The molecule has 0 aromatic rings. The Hall–Kier alpha value is -1.00. The molecular weight excluding hydrogens is 257 g/mol. The molecule has 1 unspecified atom stereocenters. The fraction of sp³-hybridized carbons (Fsp3) is 0.786. The average Bonchev–Trinajstić information content (AvgIpc) is 2.34. The number of rotatable bonds is 7. The number of ketones is 1. The minimum absolute atomic E-state index is 0.0739. The largest absolute Gasteiger partial charge is 0.512 e. The van der Waals surface area contributed by atoms with Crippen molar-refractivity contribution in [3.63, 3.8) is 0 Å². The van der Waals surface area contributed by atoms with Crippen LogP contribution < -0.4 is 0 Å². The molecule has 0 aromatic heterocycles. The first-order chi connectivity index (χ1) is 8.67. The minimum Gasteiger partial charge on any atom is -0.512 e. The van der Waals surface area contributed by atoms with Crippen molar-refractivity contribution in [1.82, 2.24) is 0 Å². The van der Waals surface area contributed by atoms with Gasteiger partial charge >= 0.3 is 6.18 Å². The fourth-order valence-electron chi connectivity index (χ4n) is 2.11. The van der Waals surface area contributed by atoms with Gasteiger partial charge in [-0.05, 0) is 26.2 Å². The molecule has 0 saturated heterocycles. The van der Waals surface area contributed by atoms with Gasteiger partial charge in [0.1, 0.15) is 5.76 Å². The Bertz CT molecular complexity index is 328. The van der Waals surface area contributed by atoms with Crippen LogP contribution >= 0.6 is 0 Å². The SMILES string of the molecule is CCC(CC)C(=O)C(C)=C(O)C(CC)CC(F)(F)F. The van der Waals surface area contributed by atoms with Crippen molar-refractivity contribution in [2.75, 3.05) is 0 Å². The van der Waals surface area contributed by atoms with Crippen molar-refractivity contribution in [1.29, 1.82) is 0 Å². The topological polar surface area (TPSA) is 37.3 Å². The number of hydrogen-bond donors (Lipinski definition) is 1. The van der Waals surface area contributed by atoms with Crippen LogP contribution in [0.1, 0.15) is 53.4 Å². The van der Waals surface area contributed by atoms with Gasteiger partial charge in [0, 0.05) is 17.4 Å². The molecule has 0 aliphatic rings. The summed E-state index contributed by atoms with van der Waals surface area (Å²) in [5.41, 5.74) is 0.0739. The van der Waals surface area contributed by atoms with Crippen LogP contribution in [0.2, 0.25) is 0 Å². The summed E-state index contributed by atoms with van der Waals surface area (Å²) in [6.07, 6.45) is -4.04. The van der Waals surface area contributed by atoms with Gasteiger partial charge in [-0.3, -0.25) is 4.79 Å². The van der Waals surface area contributed by atoms with E-state index in [0.717, 1.165) is 0 Å². The van der Waals surface area contributed by atoms with Crippen LogP contribution in [-0.2, 0) is 4.79 Å². The summed E-state index contributed by atoms with van der Waals surface area (Å²) in [4.78, 5) is 12.0. The lowest BCUT2D eigenvalue weighted by molar-refractivity contribution is -0.144. The third kappa shape index (κ3) is 5.66. The van der Waals surface area contributed by atoms with Gasteiger partial charge in [0.15, 0.2) is 5.78 Å². The third-order valence-electron chi connectivity index (χ3n) is 3.47. The molecule has 5 heteroatoms. The molecule has 1 N–H and O–H groups in total. The zero-order chi connectivity index (χ0) is 15.2. The highest BCUT2D eigenvalue weighted by molar-refractivity contribution is 5.97. The predicted octanol–water partition coefficient (Wildman–Crippen LogP) is 4.80. The second-order valence-electron chi connectivity index (χ2n) is 4.81. The zero-order valence-corrected chi connectivity index (χ0v) is 12.0. The number of carbonyl (C=O) groups excluding carboxylic acids is 1. The van der Waals surface area contributed by atoms with Gasteiger partial charge in [0.2, 0.25) is 0 Å². The van der Waals surface area contributed by atoms with Crippen LogP contribution in [-0.4, -0.2) is 17.1 Å². The lowest BCUT2D eigenvalue weighted by Gasteiger charge is -2.19. The van der Waals surface area contributed by atoms with Crippen LogP contribution in [0.5, 0.6) is 0 Å². The first kappa shape index (κ1) is 18.0. The highest BCUT2D eigenvalue weighted by Gasteiger charge is 2.34. The average molecular weight is 280 g/mol. The summed E-state index contributed by atoms with van der Waals surface area (Å²) >= 11 is 0. The van der Waals surface area contributed by atoms with Crippen molar-refractivity contribution in [2.24, 2.45) is 11.8 Å². The Kier molecular flexibility index (Phi) is 7.16. The number of allylic oxidation sites excluding steroid dienone is 2. The molecule has 0 amide bonds. The molecule has 0 radical (unpaired) electrons. The van der Waals surface area contributed by atoms with Crippen LogP contribution in [0.15, 0.2) is 11.3 Å². The van der Waals surface area contributed by atoms with Crippen molar-refractivity contribution >= 4 is 5.78 Å². The number of aliphatic hydroxyl groups is 1. The lowest BCUT2D eigenvalue weighted by atomic mass is 9.89. The van der Waals surface area contributed by atoms with Gasteiger partial charge in [-0.2, -0.15) is 13.2 Å². The van der Waals surface area contributed by atoms with E-state index in [4.69, 9.17) is 0 Å². The molecule has 1 atom stereocenters. The molecule has 0 fully saturated rings. The quantitative estimate of drug-likeness (QED) is 0.537. The molecule has 0 aliphatic carbocycles. The Morgan fingerprint density at radius 3 is 1.79 bits per heavy atom. The molecular formula is C14H23F3O2. The summed E-state index contributed by atoms with van der Waals surface area (Å²) in [5.74, 6) is -1.91. The van der Waals surface area contributed by atoms with E-state index < -0.39 is 24.3 Å². The number of halogens is 3. The third-order valence-corrected chi connectivity index (χ3v) is 3.47. The van der Waals surface area contributed by atoms with E-state index in [2.05, 4.69) is 0 Å². The molecule has 0 bridgehead atoms. The molecule has 19 heavy (non-hydrogen) atoms. The normalized spacial score (nSPS) is 15.4. The summed E-state index contributed by atoms with van der Waals surface area (Å²) in [6.45, 7) is 6.68. The number of hydrogen-bond acceptors (Lipinski definition) is 2. The molecule has 0 rings (SSSR count). The predicted molar refractivity (Wildman–Crippen MR) is 68.9 cm³/mol. The molecule has 0 saturated carbocycles. The van der Waals surface area contributed by atoms with Crippen molar-refractivity contribution in [2.45, 2.75) is 59.6 Å². The standard InChI is InChI=1S/C14H23F3O2/c1-5-10(6-2)12(18)9(4)13(19)11(7-3)8-14(15,16)17/h10-11,19H,5-8H2,1-4H3. The van der Waals surface area contributed by atoms with Gasteiger partial charge in [0.25, 0.3) is 0 Å². The highest BCUT2D eigenvalue weighted by Crippen LogP contribution is 2.32. The highest BCUT2D eigenvalue weighted by atomic mass is 19.4. The van der Waals surface area contributed by atoms with Crippen LogP contribution in [0.3, 0.4) is 0 Å². The summed E-state index contributed by atoms with van der Waals surface area (Å²) in [5, 5.41) is 9.91. The van der Waals surface area contributed by atoms with Crippen LogP contribution in [0, 0.1) is 11.8 Å². The van der Waals surface area contributed by atoms with Crippen molar-refractivity contribution in [3.8, 4) is 0 Å². The zero-order valence-electron chi connectivity index (χ0n) is 12.0. The van der Waals surface area contributed by atoms with Crippen molar-refractivity contribution in [3.05, 3.63) is 11.3 Å². The molecule has 2 nitrogen and oxygen atoms in total. The van der Waals surface area contributed by atoms with Gasteiger partial charge in [0.05, 0.1) is 6.42 Å². The Balaban J connectivity index is 5.13. The Morgan fingerprint density at radius 2 is 1.47 bits per heavy atom. The smallest absolute Gasteiger partial charge is 0.389 e. The molecule has 0 aromatic carbocycles. The second kappa shape index (κ2) is 7.56. The fourth-order valence-corrected chi connectivity index (χ4v) is 2.11. The van der Waals surface area contributed by atoms with E-state index in [1.54, 1.807) is 6.92 Å². The number of alkyl halides is 3. The molecule has 0 heterocycles. The molecule has 0 spiro atoms. The second-order valence-corrected chi connectivity index (χ2v) is 4.81. The maximum atomic E-state index is 12.4. The molecule has 112 valence electrons. The summed E-state index contributed by atoms with van der Waals surface area (Å²) < 4.78 is 37.2. The van der Waals surface area contributed by atoms with Crippen molar-refractivity contribution < 1.29 is 23.1 Å². The van der Waals surface area contributed by atoms with E-state index >= 15 is 0 Å². The number of aliphatic hydroxyl groups excluding tert-OH is 1. The Morgan fingerprint density at radius 1 is 1.05 bits per heavy atom. The summed E-state index contributed by atoms with van der Waals surface area (Å²) in [7, 11) is 0. The first-order valence-corrected chi connectivity index (χ1v) is 6.68. The number of carbonyl (C=O) groups is 1. The van der Waals surface area contributed by atoms with Gasteiger partial charge < -0.3 is 5.11 Å². The van der Waals surface area contributed by atoms with Gasteiger partial charge in [-0.1, -0.05) is 20.8 Å². The van der Waals surface area contributed by atoms with E-state index in [0.29, 0.717) is 12.8 Å². The molecule has 0 aliphatic heterocycles. The first-order valence-electron chi connectivity index (χ1n) is 6.68. The Labute approximate surface area is 112 Å². The van der Waals surface area contributed by atoms with E-state index in [1.165, 1.54) is 6.92 Å². The van der Waals surface area contributed by atoms with Gasteiger partial charge in [-0.15, -0.1) is 0 Å². The van der Waals surface area contributed by atoms with Crippen LogP contribution in [0.25, 0.3) is 0 Å². The van der Waals surface area contributed by atoms with E-state index in [1.807, 2.05) is 13.8 Å². The maximum absolute atomic E-state index is 12.4. The summed E-state index contributed by atoms with van der Waals surface area (Å²) in [6, 6.07) is 0. The lowest BCUT2D eigenvalue weighted by Crippen LogP contribution is -2.21. The van der Waals surface area contributed by atoms with Gasteiger partial charge in [-0.25, -0.2) is 0 Å². The van der Waals surface area contributed by atoms with Crippen LogP contribution in [0.4, 0.5) is 13.2 Å². The maximum Gasteiger partial charge on any atom is 0.389 e. The minimum atomic E-state index is -4.34.